The zero-order valence-corrected chi connectivity index (χ0v) is 13.8. The molecule has 0 aromatic rings. The molecule has 20 heavy (non-hydrogen) atoms. The minimum absolute atomic E-state index is 0.584. The second-order valence-corrected chi connectivity index (χ2v) is 9.67. The predicted octanol–water partition coefficient (Wildman–Crippen LogP) is 5.98. The third-order valence-electron chi connectivity index (χ3n) is 8.36. The van der Waals surface area contributed by atoms with Crippen LogP contribution in [0.5, 0.6) is 0 Å². The average molecular weight is 272 g/mol. The van der Waals surface area contributed by atoms with Gasteiger partial charge in [-0.05, 0) is 85.4 Å². The standard InChI is InChI=1S/C20H32/c1-14-12-20-11-8-16-18(2,3)9-5-10-19(16,4)17(20)7-6-15(14)13-20/h15-17H,1,5-13H2,2-4H3/t15-,16?,17?,19+,20+/m0/s1. The van der Waals surface area contributed by atoms with Gasteiger partial charge in [0, 0.05) is 0 Å². The van der Waals surface area contributed by atoms with Crippen molar-refractivity contribution in [1.82, 2.24) is 0 Å². The average Bonchev–Trinajstić information content (AvgIpc) is 2.58. The van der Waals surface area contributed by atoms with Gasteiger partial charge in [-0.25, -0.2) is 0 Å². The van der Waals surface area contributed by atoms with Crippen LogP contribution < -0.4 is 0 Å². The van der Waals surface area contributed by atoms with Crippen LogP contribution >= 0.6 is 0 Å². The van der Waals surface area contributed by atoms with E-state index in [1.807, 2.05) is 0 Å². The molecule has 4 rings (SSSR count). The van der Waals surface area contributed by atoms with E-state index in [1.54, 1.807) is 5.57 Å². The Balaban J connectivity index is 1.74. The largest absolute Gasteiger partial charge is 0.0996 e. The van der Waals surface area contributed by atoms with Crippen LogP contribution in [-0.4, -0.2) is 0 Å². The Morgan fingerprint density at radius 1 is 0.950 bits per heavy atom. The summed E-state index contributed by atoms with van der Waals surface area (Å²) in [5, 5.41) is 0. The van der Waals surface area contributed by atoms with E-state index < -0.39 is 0 Å². The number of rotatable bonds is 0. The molecule has 2 unspecified atom stereocenters. The van der Waals surface area contributed by atoms with Gasteiger partial charge in [0.25, 0.3) is 0 Å². The van der Waals surface area contributed by atoms with Gasteiger partial charge in [-0.2, -0.15) is 0 Å². The minimum Gasteiger partial charge on any atom is -0.0996 e. The minimum atomic E-state index is 0.584. The van der Waals surface area contributed by atoms with Crippen molar-refractivity contribution in [2.24, 2.45) is 34.0 Å². The van der Waals surface area contributed by atoms with Gasteiger partial charge < -0.3 is 0 Å². The lowest BCUT2D eigenvalue weighted by Crippen LogP contribution is -2.55. The molecule has 0 heteroatoms. The van der Waals surface area contributed by atoms with Gasteiger partial charge in [0.1, 0.15) is 0 Å². The highest BCUT2D eigenvalue weighted by atomic mass is 14.7. The SMILES string of the molecule is C=C1C[C@@]23CCC4C(C)(C)CCC[C@@]4(C)C2CC[C@H]1C3. The first kappa shape index (κ1) is 13.4. The van der Waals surface area contributed by atoms with Crippen molar-refractivity contribution in [3.05, 3.63) is 12.2 Å². The summed E-state index contributed by atoms with van der Waals surface area (Å²) in [4.78, 5) is 0. The summed E-state index contributed by atoms with van der Waals surface area (Å²) in [5.74, 6) is 2.87. The molecular weight excluding hydrogens is 240 g/mol. The molecule has 5 atom stereocenters. The quantitative estimate of drug-likeness (QED) is 0.476. The lowest BCUT2D eigenvalue weighted by atomic mass is 9.41. The molecule has 0 saturated heterocycles. The molecule has 0 heterocycles. The van der Waals surface area contributed by atoms with Crippen molar-refractivity contribution in [3.63, 3.8) is 0 Å². The van der Waals surface area contributed by atoms with E-state index in [-0.39, 0.29) is 0 Å². The highest BCUT2D eigenvalue weighted by Gasteiger charge is 2.62. The topological polar surface area (TPSA) is 0 Å². The number of hydrogen-bond acceptors (Lipinski definition) is 0. The first-order valence-electron chi connectivity index (χ1n) is 9.05. The van der Waals surface area contributed by atoms with Crippen LogP contribution in [0.15, 0.2) is 12.2 Å². The van der Waals surface area contributed by atoms with E-state index in [0.717, 1.165) is 17.8 Å². The third kappa shape index (κ3) is 1.54. The Morgan fingerprint density at radius 2 is 1.75 bits per heavy atom. The van der Waals surface area contributed by atoms with Crippen LogP contribution in [-0.2, 0) is 0 Å². The highest BCUT2D eigenvalue weighted by molar-refractivity contribution is 5.22. The van der Waals surface area contributed by atoms with Crippen molar-refractivity contribution in [2.75, 3.05) is 0 Å². The van der Waals surface area contributed by atoms with Crippen LogP contribution in [0.3, 0.4) is 0 Å². The molecule has 0 amide bonds. The van der Waals surface area contributed by atoms with E-state index in [0.29, 0.717) is 16.2 Å². The maximum absolute atomic E-state index is 4.44. The van der Waals surface area contributed by atoms with Crippen LogP contribution in [0.4, 0.5) is 0 Å². The third-order valence-corrected chi connectivity index (χ3v) is 8.36. The van der Waals surface area contributed by atoms with Crippen LogP contribution in [0.2, 0.25) is 0 Å². The molecule has 2 bridgehead atoms. The van der Waals surface area contributed by atoms with E-state index in [1.165, 1.54) is 57.8 Å². The molecule has 4 aliphatic rings. The molecular formula is C20H32. The summed E-state index contributed by atoms with van der Waals surface area (Å²) in [6, 6.07) is 0. The van der Waals surface area contributed by atoms with Gasteiger partial charge in [-0.15, -0.1) is 0 Å². The predicted molar refractivity (Wildman–Crippen MR) is 85.5 cm³/mol. The second-order valence-electron chi connectivity index (χ2n) is 9.67. The zero-order valence-electron chi connectivity index (χ0n) is 13.8. The fraction of sp³-hybridized carbons (Fsp3) is 0.900. The van der Waals surface area contributed by atoms with Crippen molar-refractivity contribution >= 4 is 0 Å². The van der Waals surface area contributed by atoms with Crippen LogP contribution in [0.1, 0.15) is 78.6 Å². The summed E-state index contributed by atoms with van der Waals surface area (Å²) >= 11 is 0. The second kappa shape index (κ2) is 3.93. The molecule has 0 N–H and O–H groups in total. The van der Waals surface area contributed by atoms with Gasteiger partial charge in [0.15, 0.2) is 0 Å². The molecule has 0 aliphatic heterocycles. The first-order chi connectivity index (χ1) is 9.37. The molecule has 0 radical (unpaired) electrons. The normalized spacial score (nSPS) is 53.4. The van der Waals surface area contributed by atoms with Crippen LogP contribution in [0, 0.1) is 34.0 Å². The van der Waals surface area contributed by atoms with E-state index in [2.05, 4.69) is 27.4 Å². The maximum atomic E-state index is 4.44. The van der Waals surface area contributed by atoms with Gasteiger partial charge in [0.2, 0.25) is 0 Å². The lowest BCUT2D eigenvalue weighted by Gasteiger charge is -2.64. The molecule has 4 aliphatic carbocycles. The highest BCUT2D eigenvalue weighted by Crippen LogP contribution is 2.72. The molecule has 112 valence electrons. The zero-order chi connectivity index (χ0) is 14.2. The van der Waals surface area contributed by atoms with Gasteiger partial charge in [-0.1, -0.05) is 39.3 Å². The summed E-state index contributed by atoms with van der Waals surface area (Å²) in [6.45, 7) is 12.2. The number of fused-ring (bicyclic) bond motifs is 3. The molecule has 4 saturated carbocycles. The smallest absolute Gasteiger partial charge is 0.0200 e. The Labute approximate surface area is 125 Å². The lowest BCUT2D eigenvalue weighted by molar-refractivity contribution is -0.144. The van der Waals surface area contributed by atoms with Gasteiger partial charge in [0.05, 0.1) is 0 Å². The van der Waals surface area contributed by atoms with Crippen molar-refractivity contribution in [2.45, 2.75) is 78.6 Å². The first-order valence-corrected chi connectivity index (χ1v) is 9.05. The van der Waals surface area contributed by atoms with Crippen molar-refractivity contribution in [3.8, 4) is 0 Å². The summed E-state index contributed by atoms with van der Waals surface area (Å²) < 4.78 is 0. The fourth-order valence-electron chi connectivity index (χ4n) is 7.68. The van der Waals surface area contributed by atoms with Crippen LogP contribution in [0.25, 0.3) is 0 Å². The van der Waals surface area contributed by atoms with Crippen molar-refractivity contribution < 1.29 is 0 Å². The van der Waals surface area contributed by atoms with E-state index in [4.69, 9.17) is 0 Å². The summed E-state index contributed by atoms with van der Waals surface area (Å²) in [7, 11) is 0. The summed E-state index contributed by atoms with van der Waals surface area (Å²) in [6.07, 6.45) is 13.3. The van der Waals surface area contributed by atoms with Gasteiger partial charge in [-0.3, -0.25) is 0 Å². The Hall–Kier alpha value is -0.260. The number of allylic oxidation sites excluding steroid dienone is 1. The van der Waals surface area contributed by atoms with E-state index in [9.17, 15) is 0 Å². The molecule has 1 spiro atoms. The Kier molecular flexibility index (Phi) is 2.63. The maximum Gasteiger partial charge on any atom is -0.0200 e. The summed E-state index contributed by atoms with van der Waals surface area (Å²) in [5.41, 5.74) is 3.51. The van der Waals surface area contributed by atoms with Crippen molar-refractivity contribution in [1.29, 1.82) is 0 Å². The molecule has 0 nitrogen and oxygen atoms in total. The number of hydrogen-bond donors (Lipinski definition) is 0. The molecule has 0 aromatic carbocycles. The Morgan fingerprint density at radius 3 is 2.55 bits per heavy atom. The Bertz CT molecular complexity index is 445. The monoisotopic (exact) mass is 272 g/mol. The van der Waals surface area contributed by atoms with Gasteiger partial charge >= 0.3 is 0 Å². The molecule has 0 aromatic heterocycles. The van der Waals surface area contributed by atoms with E-state index >= 15 is 0 Å². The fourth-order valence-corrected chi connectivity index (χ4v) is 7.68. The molecule has 4 fully saturated rings.